The van der Waals surface area contributed by atoms with Crippen molar-refractivity contribution in [1.29, 1.82) is 0 Å². The molecule has 1 aliphatic carbocycles. The minimum absolute atomic E-state index is 0.0481. The number of allylic oxidation sites excluding steroid dienone is 4. The van der Waals surface area contributed by atoms with Gasteiger partial charge in [-0.1, -0.05) is 69.5 Å². The second-order valence-electron chi connectivity index (χ2n) is 7.58. The first kappa shape index (κ1) is 15.6. The van der Waals surface area contributed by atoms with Crippen LogP contribution >= 0.6 is 11.3 Å². The molecule has 0 amide bonds. The summed E-state index contributed by atoms with van der Waals surface area (Å²) in [6, 6.07) is 18.0. The van der Waals surface area contributed by atoms with Crippen LogP contribution in [0, 0.1) is 0 Å². The van der Waals surface area contributed by atoms with Gasteiger partial charge in [-0.25, -0.2) is 0 Å². The molecule has 0 saturated carbocycles. The molecule has 0 fully saturated rings. The van der Waals surface area contributed by atoms with Crippen molar-refractivity contribution >= 4 is 47.9 Å². The third kappa shape index (κ3) is 1.89. The lowest BCUT2D eigenvalue weighted by atomic mass is 9.82. The molecule has 0 N–H and O–H groups in total. The molecule has 0 atom stereocenters. The Hall–Kier alpha value is -2.64. The average Bonchev–Trinajstić information content (AvgIpc) is 3.10. The third-order valence-electron chi connectivity index (χ3n) is 5.83. The van der Waals surface area contributed by atoms with E-state index in [1.807, 2.05) is 17.4 Å². The molecule has 0 nitrogen and oxygen atoms in total. The Morgan fingerprint density at radius 2 is 1.77 bits per heavy atom. The van der Waals surface area contributed by atoms with Gasteiger partial charge in [0, 0.05) is 31.0 Å². The molecule has 0 aliphatic heterocycles. The molecule has 0 saturated heterocycles. The van der Waals surface area contributed by atoms with Gasteiger partial charge in [0.05, 0.1) is 0 Å². The number of benzene rings is 3. The standard InChI is InChI=1S/C25H20S/c1-5-8-17-15(2)25(3,4)22-13-16-11-12-19-18-9-6-7-10-23(18)26-24(19)20(16)14-21(17)22/h5-14H,1-2H2,3-4H3/b17-8+. The summed E-state index contributed by atoms with van der Waals surface area (Å²) in [5.41, 5.74) is 5.02. The van der Waals surface area contributed by atoms with Crippen molar-refractivity contribution in [3.8, 4) is 0 Å². The second-order valence-corrected chi connectivity index (χ2v) is 8.63. The zero-order chi connectivity index (χ0) is 18.1. The Balaban J connectivity index is 1.94. The maximum Gasteiger partial charge on any atom is 0.0434 e. The van der Waals surface area contributed by atoms with Crippen LogP contribution in [0.1, 0.15) is 25.0 Å². The SMILES string of the molecule is C=C/C=C1\C(=C)C(C)(C)c2cc3ccc4c5ccccc5sc4c3cc21. The second kappa shape index (κ2) is 5.18. The lowest BCUT2D eigenvalue weighted by Gasteiger charge is -2.21. The van der Waals surface area contributed by atoms with E-state index in [4.69, 9.17) is 0 Å². The van der Waals surface area contributed by atoms with Crippen LogP contribution in [0.4, 0.5) is 0 Å². The van der Waals surface area contributed by atoms with E-state index in [0.29, 0.717) is 0 Å². The maximum atomic E-state index is 4.40. The molecule has 0 unspecified atom stereocenters. The molecule has 1 aliphatic rings. The van der Waals surface area contributed by atoms with Gasteiger partial charge in [-0.2, -0.15) is 0 Å². The van der Waals surface area contributed by atoms with Gasteiger partial charge in [-0.3, -0.25) is 0 Å². The molecule has 3 aromatic carbocycles. The maximum absolute atomic E-state index is 4.40. The smallest absolute Gasteiger partial charge is 0.0434 e. The van der Waals surface area contributed by atoms with Crippen molar-refractivity contribution in [2.45, 2.75) is 19.3 Å². The highest BCUT2D eigenvalue weighted by Gasteiger charge is 2.37. The Morgan fingerprint density at radius 3 is 2.58 bits per heavy atom. The molecule has 5 rings (SSSR count). The zero-order valence-electron chi connectivity index (χ0n) is 15.1. The first-order chi connectivity index (χ1) is 12.5. The molecule has 126 valence electrons. The normalized spacial score (nSPS) is 17.5. The van der Waals surface area contributed by atoms with E-state index in [1.165, 1.54) is 53.2 Å². The minimum atomic E-state index is -0.0481. The summed E-state index contributed by atoms with van der Waals surface area (Å²) >= 11 is 1.89. The van der Waals surface area contributed by atoms with Crippen LogP contribution < -0.4 is 0 Å². The van der Waals surface area contributed by atoms with Crippen molar-refractivity contribution in [3.05, 3.63) is 90.5 Å². The molecular formula is C25H20S. The molecule has 0 radical (unpaired) electrons. The van der Waals surface area contributed by atoms with Gasteiger partial charge in [-0.15, -0.1) is 11.3 Å². The molecule has 26 heavy (non-hydrogen) atoms. The van der Waals surface area contributed by atoms with Crippen LogP contribution in [0.25, 0.3) is 36.5 Å². The number of hydrogen-bond donors (Lipinski definition) is 0. The van der Waals surface area contributed by atoms with Crippen LogP contribution in [-0.2, 0) is 5.41 Å². The summed E-state index contributed by atoms with van der Waals surface area (Å²) in [4.78, 5) is 0. The van der Waals surface area contributed by atoms with E-state index >= 15 is 0 Å². The zero-order valence-corrected chi connectivity index (χ0v) is 15.9. The molecule has 0 spiro atoms. The highest BCUT2D eigenvalue weighted by Crippen LogP contribution is 2.51. The topological polar surface area (TPSA) is 0 Å². The van der Waals surface area contributed by atoms with Gasteiger partial charge < -0.3 is 0 Å². The highest BCUT2D eigenvalue weighted by molar-refractivity contribution is 7.26. The number of rotatable bonds is 1. The van der Waals surface area contributed by atoms with Crippen LogP contribution in [-0.4, -0.2) is 0 Å². The predicted octanol–water partition coefficient (Wildman–Crippen LogP) is 7.62. The Labute approximate surface area is 157 Å². The van der Waals surface area contributed by atoms with Crippen molar-refractivity contribution in [3.63, 3.8) is 0 Å². The lowest BCUT2D eigenvalue weighted by Crippen LogP contribution is -2.14. The summed E-state index contributed by atoms with van der Waals surface area (Å²) in [5.74, 6) is 0. The summed E-state index contributed by atoms with van der Waals surface area (Å²) in [5, 5.41) is 5.34. The van der Waals surface area contributed by atoms with Crippen LogP contribution in [0.2, 0.25) is 0 Å². The first-order valence-electron chi connectivity index (χ1n) is 8.93. The van der Waals surface area contributed by atoms with E-state index in [-0.39, 0.29) is 5.41 Å². The molecule has 0 bridgehead atoms. The van der Waals surface area contributed by atoms with E-state index < -0.39 is 0 Å². The minimum Gasteiger partial charge on any atom is -0.135 e. The number of hydrogen-bond acceptors (Lipinski definition) is 1. The average molecular weight is 353 g/mol. The van der Waals surface area contributed by atoms with Gasteiger partial charge in [0.1, 0.15) is 0 Å². The fourth-order valence-electron chi connectivity index (χ4n) is 4.26. The van der Waals surface area contributed by atoms with Crippen LogP contribution in [0.5, 0.6) is 0 Å². The van der Waals surface area contributed by atoms with Gasteiger partial charge in [0.15, 0.2) is 0 Å². The van der Waals surface area contributed by atoms with Crippen LogP contribution in [0.15, 0.2) is 79.4 Å². The van der Waals surface area contributed by atoms with Gasteiger partial charge in [0.2, 0.25) is 0 Å². The molecular weight excluding hydrogens is 332 g/mol. The summed E-state index contributed by atoms with van der Waals surface area (Å²) in [7, 11) is 0. The van der Waals surface area contributed by atoms with Gasteiger partial charge in [0.25, 0.3) is 0 Å². The van der Waals surface area contributed by atoms with Crippen molar-refractivity contribution in [2.75, 3.05) is 0 Å². The molecule has 1 aromatic heterocycles. The fourth-order valence-corrected chi connectivity index (χ4v) is 5.49. The van der Waals surface area contributed by atoms with E-state index in [9.17, 15) is 0 Å². The number of thiophene rings is 1. The Morgan fingerprint density at radius 1 is 0.962 bits per heavy atom. The highest BCUT2D eigenvalue weighted by atomic mass is 32.1. The monoisotopic (exact) mass is 352 g/mol. The van der Waals surface area contributed by atoms with E-state index in [0.717, 1.165) is 0 Å². The fraction of sp³-hybridized carbons (Fsp3) is 0.120. The van der Waals surface area contributed by atoms with E-state index in [1.54, 1.807) is 0 Å². The van der Waals surface area contributed by atoms with Crippen LogP contribution in [0.3, 0.4) is 0 Å². The Kier molecular flexibility index (Phi) is 3.11. The third-order valence-corrected chi connectivity index (χ3v) is 7.05. The van der Waals surface area contributed by atoms with E-state index in [2.05, 4.69) is 81.6 Å². The van der Waals surface area contributed by atoms with Crippen molar-refractivity contribution < 1.29 is 0 Å². The van der Waals surface area contributed by atoms with Gasteiger partial charge >= 0.3 is 0 Å². The van der Waals surface area contributed by atoms with Gasteiger partial charge in [-0.05, 0) is 45.9 Å². The molecule has 4 aromatic rings. The van der Waals surface area contributed by atoms with Crippen molar-refractivity contribution in [2.24, 2.45) is 0 Å². The summed E-state index contributed by atoms with van der Waals surface area (Å²) in [6.45, 7) is 12.8. The predicted molar refractivity (Wildman–Crippen MR) is 117 cm³/mol. The summed E-state index contributed by atoms with van der Waals surface area (Å²) in [6.07, 6.45) is 3.97. The largest absolute Gasteiger partial charge is 0.135 e. The lowest BCUT2D eigenvalue weighted by molar-refractivity contribution is 0.664. The summed E-state index contributed by atoms with van der Waals surface area (Å²) < 4.78 is 2.72. The Bertz CT molecular complexity index is 1280. The molecule has 1 heterocycles. The first-order valence-corrected chi connectivity index (χ1v) is 9.75. The number of fused-ring (bicyclic) bond motifs is 6. The quantitative estimate of drug-likeness (QED) is 0.330. The molecule has 1 heteroatoms. The van der Waals surface area contributed by atoms with Crippen molar-refractivity contribution in [1.82, 2.24) is 0 Å².